The van der Waals surface area contributed by atoms with E-state index >= 15 is 0 Å². The van der Waals surface area contributed by atoms with E-state index in [0.29, 0.717) is 17.0 Å². The first-order valence-corrected chi connectivity index (χ1v) is 8.74. The topological polar surface area (TPSA) is 64.6 Å². The SMILES string of the molecule is CC(C)Oc1ccc(C(=O)OCC(=O)Nc2cccc3ccccc23)cc1. The van der Waals surface area contributed by atoms with Crippen molar-refractivity contribution in [1.29, 1.82) is 0 Å². The third kappa shape index (κ3) is 4.85. The molecule has 27 heavy (non-hydrogen) atoms. The molecule has 5 heteroatoms. The van der Waals surface area contributed by atoms with Gasteiger partial charge in [-0.05, 0) is 49.6 Å². The summed E-state index contributed by atoms with van der Waals surface area (Å²) >= 11 is 0. The molecule has 1 N–H and O–H groups in total. The Kier molecular flexibility index (Phi) is 5.71. The number of benzene rings is 3. The number of hydrogen-bond donors (Lipinski definition) is 1. The van der Waals surface area contributed by atoms with Gasteiger partial charge in [-0.25, -0.2) is 4.79 Å². The quantitative estimate of drug-likeness (QED) is 0.658. The van der Waals surface area contributed by atoms with E-state index in [9.17, 15) is 9.59 Å². The molecular formula is C22H21NO4. The zero-order valence-electron chi connectivity index (χ0n) is 15.3. The Bertz CT molecular complexity index is 943. The minimum absolute atomic E-state index is 0.0561. The number of ether oxygens (including phenoxy) is 2. The second-order valence-corrected chi connectivity index (χ2v) is 6.34. The zero-order chi connectivity index (χ0) is 19.2. The van der Waals surface area contributed by atoms with Crippen molar-refractivity contribution in [3.63, 3.8) is 0 Å². The van der Waals surface area contributed by atoms with Crippen molar-refractivity contribution >= 4 is 28.3 Å². The van der Waals surface area contributed by atoms with Crippen LogP contribution in [-0.4, -0.2) is 24.6 Å². The van der Waals surface area contributed by atoms with Crippen LogP contribution in [-0.2, 0) is 9.53 Å². The molecule has 0 bridgehead atoms. The van der Waals surface area contributed by atoms with Gasteiger partial charge in [-0.3, -0.25) is 4.79 Å². The Labute approximate surface area is 157 Å². The van der Waals surface area contributed by atoms with Gasteiger partial charge in [0.1, 0.15) is 5.75 Å². The fraction of sp³-hybridized carbons (Fsp3) is 0.182. The highest BCUT2D eigenvalue weighted by atomic mass is 16.5. The van der Waals surface area contributed by atoms with Gasteiger partial charge in [-0.15, -0.1) is 0 Å². The van der Waals surface area contributed by atoms with Crippen molar-refractivity contribution in [2.45, 2.75) is 20.0 Å². The summed E-state index contributed by atoms with van der Waals surface area (Å²) in [6.45, 7) is 3.50. The number of anilines is 1. The van der Waals surface area contributed by atoms with E-state index in [1.807, 2.05) is 56.3 Å². The van der Waals surface area contributed by atoms with Gasteiger partial charge in [0.05, 0.1) is 11.7 Å². The molecule has 0 radical (unpaired) electrons. The predicted molar refractivity (Wildman–Crippen MR) is 105 cm³/mol. The molecule has 0 aliphatic heterocycles. The Balaban J connectivity index is 1.57. The smallest absolute Gasteiger partial charge is 0.338 e. The summed E-state index contributed by atoms with van der Waals surface area (Å²) in [6.07, 6.45) is 0.0561. The van der Waals surface area contributed by atoms with Crippen LogP contribution in [0, 0.1) is 0 Å². The molecule has 3 rings (SSSR count). The fourth-order valence-corrected chi connectivity index (χ4v) is 2.68. The second-order valence-electron chi connectivity index (χ2n) is 6.34. The van der Waals surface area contributed by atoms with Crippen molar-refractivity contribution in [1.82, 2.24) is 0 Å². The Hall–Kier alpha value is -3.34. The number of hydrogen-bond acceptors (Lipinski definition) is 4. The molecule has 0 heterocycles. The lowest BCUT2D eigenvalue weighted by Crippen LogP contribution is -2.21. The van der Waals surface area contributed by atoms with E-state index in [1.165, 1.54) is 0 Å². The van der Waals surface area contributed by atoms with Crippen LogP contribution in [0.25, 0.3) is 10.8 Å². The van der Waals surface area contributed by atoms with Gasteiger partial charge in [0.15, 0.2) is 6.61 Å². The molecule has 0 spiro atoms. The molecule has 0 aliphatic carbocycles. The first-order chi connectivity index (χ1) is 13.0. The van der Waals surface area contributed by atoms with Gasteiger partial charge in [0.25, 0.3) is 5.91 Å². The standard InChI is InChI=1S/C22H21NO4/c1-15(2)27-18-12-10-17(11-13-18)22(25)26-14-21(24)23-20-9-5-7-16-6-3-4-8-19(16)20/h3-13,15H,14H2,1-2H3,(H,23,24). The van der Waals surface area contributed by atoms with Gasteiger partial charge in [0.2, 0.25) is 0 Å². The van der Waals surface area contributed by atoms with Crippen LogP contribution in [0.4, 0.5) is 5.69 Å². The Morgan fingerprint density at radius 2 is 1.63 bits per heavy atom. The summed E-state index contributed by atoms with van der Waals surface area (Å²) < 4.78 is 10.6. The fourth-order valence-electron chi connectivity index (χ4n) is 2.68. The van der Waals surface area contributed by atoms with Gasteiger partial charge in [-0.1, -0.05) is 36.4 Å². The van der Waals surface area contributed by atoms with Crippen LogP contribution in [0.5, 0.6) is 5.75 Å². The van der Waals surface area contributed by atoms with Crippen molar-refractivity contribution in [2.75, 3.05) is 11.9 Å². The van der Waals surface area contributed by atoms with Gasteiger partial charge in [-0.2, -0.15) is 0 Å². The molecular weight excluding hydrogens is 342 g/mol. The molecule has 0 aromatic heterocycles. The monoisotopic (exact) mass is 363 g/mol. The second kappa shape index (κ2) is 8.36. The average Bonchev–Trinajstić information content (AvgIpc) is 2.66. The molecule has 1 amide bonds. The molecule has 138 valence electrons. The molecule has 3 aromatic rings. The first-order valence-electron chi connectivity index (χ1n) is 8.74. The minimum Gasteiger partial charge on any atom is -0.491 e. The van der Waals surface area contributed by atoms with Gasteiger partial charge >= 0.3 is 5.97 Å². The highest BCUT2D eigenvalue weighted by molar-refractivity contribution is 6.03. The Morgan fingerprint density at radius 3 is 2.37 bits per heavy atom. The number of carbonyl (C=O) groups is 2. The normalized spacial score (nSPS) is 10.6. The van der Waals surface area contributed by atoms with E-state index in [1.54, 1.807) is 24.3 Å². The van der Waals surface area contributed by atoms with E-state index in [4.69, 9.17) is 9.47 Å². The highest BCUT2D eigenvalue weighted by Crippen LogP contribution is 2.22. The summed E-state index contributed by atoms with van der Waals surface area (Å²) in [5, 5.41) is 4.74. The molecule has 0 aliphatic rings. The van der Waals surface area contributed by atoms with Crippen LogP contribution >= 0.6 is 0 Å². The lowest BCUT2D eigenvalue weighted by atomic mass is 10.1. The van der Waals surface area contributed by atoms with Crippen LogP contribution in [0.2, 0.25) is 0 Å². The third-order valence-corrected chi connectivity index (χ3v) is 3.86. The lowest BCUT2D eigenvalue weighted by Gasteiger charge is -2.11. The van der Waals surface area contributed by atoms with Crippen LogP contribution in [0.1, 0.15) is 24.2 Å². The van der Waals surface area contributed by atoms with Crippen molar-refractivity contribution in [3.8, 4) is 5.75 Å². The average molecular weight is 363 g/mol. The maximum Gasteiger partial charge on any atom is 0.338 e. The summed E-state index contributed by atoms with van der Waals surface area (Å²) in [4.78, 5) is 24.3. The zero-order valence-corrected chi connectivity index (χ0v) is 15.3. The number of nitrogens with one attached hydrogen (secondary N) is 1. The van der Waals surface area contributed by atoms with Gasteiger partial charge in [0, 0.05) is 11.1 Å². The largest absolute Gasteiger partial charge is 0.491 e. The molecule has 0 saturated carbocycles. The van der Waals surface area contributed by atoms with Gasteiger partial charge < -0.3 is 14.8 Å². The number of esters is 1. The maximum absolute atomic E-state index is 12.2. The molecule has 0 atom stereocenters. The lowest BCUT2D eigenvalue weighted by molar-refractivity contribution is -0.119. The van der Waals surface area contributed by atoms with Crippen molar-refractivity contribution in [3.05, 3.63) is 72.3 Å². The minimum atomic E-state index is -0.556. The first kappa shape index (κ1) is 18.5. The molecule has 3 aromatic carbocycles. The van der Waals surface area contributed by atoms with E-state index in [2.05, 4.69) is 5.32 Å². The maximum atomic E-state index is 12.2. The molecule has 5 nitrogen and oxygen atoms in total. The summed E-state index contributed by atoms with van der Waals surface area (Å²) in [5.41, 5.74) is 1.05. The van der Waals surface area contributed by atoms with Crippen molar-refractivity contribution in [2.24, 2.45) is 0 Å². The van der Waals surface area contributed by atoms with Crippen LogP contribution in [0.15, 0.2) is 66.7 Å². The number of carbonyl (C=O) groups excluding carboxylic acids is 2. The van der Waals surface area contributed by atoms with Crippen molar-refractivity contribution < 1.29 is 19.1 Å². The Morgan fingerprint density at radius 1 is 0.926 bits per heavy atom. The van der Waals surface area contributed by atoms with Crippen LogP contribution < -0.4 is 10.1 Å². The molecule has 0 fully saturated rings. The highest BCUT2D eigenvalue weighted by Gasteiger charge is 2.12. The van der Waals surface area contributed by atoms with Crippen LogP contribution in [0.3, 0.4) is 0 Å². The third-order valence-electron chi connectivity index (χ3n) is 3.86. The summed E-state index contributed by atoms with van der Waals surface area (Å²) in [7, 11) is 0. The summed E-state index contributed by atoms with van der Waals surface area (Å²) in [6, 6.07) is 20.0. The molecule has 0 unspecified atom stereocenters. The molecule has 0 saturated heterocycles. The van der Waals surface area contributed by atoms with E-state index in [-0.39, 0.29) is 18.6 Å². The number of fused-ring (bicyclic) bond motifs is 1. The van der Waals surface area contributed by atoms with E-state index < -0.39 is 5.97 Å². The number of rotatable bonds is 6. The van der Waals surface area contributed by atoms with E-state index in [0.717, 1.165) is 10.8 Å². The number of amides is 1. The summed E-state index contributed by atoms with van der Waals surface area (Å²) in [5.74, 6) is -0.270. The predicted octanol–water partition coefficient (Wildman–Crippen LogP) is 4.42.